The molecule has 1 saturated carbocycles. The second-order valence-electron chi connectivity index (χ2n) is 4.61. The highest BCUT2D eigenvalue weighted by molar-refractivity contribution is 7.89. The van der Waals surface area contributed by atoms with Crippen LogP contribution in [0.25, 0.3) is 0 Å². The highest BCUT2D eigenvalue weighted by atomic mass is 32.2. The van der Waals surface area contributed by atoms with E-state index in [9.17, 15) is 8.42 Å². The molecule has 1 atom stereocenters. The first-order valence-corrected chi connectivity index (χ1v) is 8.08. The van der Waals surface area contributed by atoms with Crippen LogP contribution >= 0.6 is 11.3 Å². The minimum Gasteiger partial charge on any atom is -0.391 e. The number of hydrogen-bond acceptors (Lipinski definition) is 4. The minimum absolute atomic E-state index is 0.0232. The van der Waals surface area contributed by atoms with Crippen LogP contribution in [0.1, 0.15) is 31.1 Å². The Labute approximate surface area is 106 Å². The lowest BCUT2D eigenvalue weighted by Gasteiger charge is -2.12. The van der Waals surface area contributed by atoms with Gasteiger partial charge in [-0.1, -0.05) is 12.8 Å². The third-order valence-electron chi connectivity index (χ3n) is 2.84. The van der Waals surface area contributed by atoms with Crippen molar-refractivity contribution >= 4 is 21.4 Å². The molecular formula is C11H17NO3S2. The average molecular weight is 275 g/mol. The van der Waals surface area contributed by atoms with Gasteiger partial charge in [0.1, 0.15) is 0 Å². The Morgan fingerprint density at radius 2 is 2.29 bits per heavy atom. The van der Waals surface area contributed by atoms with Gasteiger partial charge in [-0.15, -0.1) is 11.3 Å². The van der Waals surface area contributed by atoms with Crippen molar-refractivity contribution in [2.45, 2.75) is 43.7 Å². The molecule has 2 rings (SSSR count). The number of hydrogen-bond donors (Lipinski definition) is 2. The van der Waals surface area contributed by atoms with Crippen molar-refractivity contribution in [1.29, 1.82) is 0 Å². The van der Waals surface area contributed by atoms with Crippen LogP contribution in [0.2, 0.25) is 0 Å². The van der Waals surface area contributed by atoms with Gasteiger partial charge in [-0.05, 0) is 25.3 Å². The predicted molar refractivity (Wildman–Crippen MR) is 67.4 cm³/mol. The largest absolute Gasteiger partial charge is 0.391 e. The van der Waals surface area contributed by atoms with E-state index in [1.54, 1.807) is 5.38 Å². The smallest absolute Gasteiger partial charge is 0.241 e. The number of thiophene rings is 1. The summed E-state index contributed by atoms with van der Waals surface area (Å²) in [5.41, 5.74) is 0. The molecule has 1 unspecified atom stereocenters. The fourth-order valence-corrected chi connectivity index (χ4v) is 4.21. The normalized spacial score (nSPS) is 18.2. The maximum Gasteiger partial charge on any atom is 0.241 e. The molecule has 1 heterocycles. The van der Waals surface area contributed by atoms with E-state index < -0.39 is 10.0 Å². The Morgan fingerprint density at radius 3 is 2.82 bits per heavy atom. The number of aliphatic hydroxyl groups is 1. The number of sulfonamides is 1. The van der Waals surface area contributed by atoms with Crippen molar-refractivity contribution in [2.75, 3.05) is 0 Å². The second kappa shape index (κ2) is 5.06. The number of aliphatic hydroxyl groups excluding tert-OH is 1. The summed E-state index contributed by atoms with van der Waals surface area (Å²) in [6.07, 6.45) is 3.36. The molecule has 0 spiro atoms. The van der Waals surface area contributed by atoms with Crippen LogP contribution in [0.4, 0.5) is 0 Å². The second-order valence-corrected chi connectivity index (χ2v) is 7.32. The molecule has 6 heteroatoms. The summed E-state index contributed by atoms with van der Waals surface area (Å²) in [6, 6.07) is 1.50. The zero-order valence-corrected chi connectivity index (χ0v) is 11.4. The fraction of sp³-hybridized carbons (Fsp3) is 0.636. The topological polar surface area (TPSA) is 66.4 Å². The fourth-order valence-electron chi connectivity index (χ4n) is 1.82. The Morgan fingerprint density at radius 1 is 1.59 bits per heavy atom. The first kappa shape index (κ1) is 13.0. The van der Waals surface area contributed by atoms with E-state index in [1.807, 2.05) is 6.92 Å². The summed E-state index contributed by atoms with van der Waals surface area (Å²) < 4.78 is 26.7. The SMILES string of the molecule is CC(CC1CC1)NS(=O)(=O)c1csc(CO)c1. The van der Waals surface area contributed by atoms with Crippen LogP contribution in [0.5, 0.6) is 0 Å². The maximum absolute atomic E-state index is 12.0. The van der Waals surface area contributed by atoms with E-state index in [0.717, 1.165) is 6.42 Å². The van der Waals surface area contributed by atoms with Crippen LogP contribution in [0, 0.1) is 5.92 Å². The summed E-state index contributed by atoms with van der Waals surface area (Å²) in [7, 11) is -3.42. The Kier molecular flexibility index (Phi) is 3.87. The summed E-state index contributed by atoms with van der Waals surface area (Å²) in [4.78, 5) is 0.925. The first-order valence-electron chi connectivity index (χ1n) is 5.72. The van der Waals surface area contributed by atoms with Crippen LogP contribution in [-0.4, -0.2) is 19.6 Å². The quantitative estimate of drug-likeness (QED) is 0.830. The summed E-state index contributed by atoms with van der Waals surface area (Å²) >= 11 is 1.26. The molecule has 1 aromatic rings. The van der Waals surface area contributed by atoms with E-state index in [1.165, 1.54) is 30.2 Å². The molecule has 0 aromatic carbocycles. The van der Waals surface area contributed by atoms with Gasteiger partial charge < -0.3 is 5.11 Å². The Balaban J connectivity index is 2.01. The highest BCUT2D eigenvalue weighted by Gasteiger charge is 2.26. The van der Waals surface area contributed by atoms with E-state index in [-0.39, 0.29) is 17.5 Å². The molecule has 1 aliphatic carbocycles. The molecule has 0 amide bonds. The van der Waals surface area contributed by atoms with Gasteiger partial charge in [0, 0.05) is 16.3 Å². The number of nitrogens with one attached hydrogen (secondary N) is 1. The van der Waals surface area contributed by atoms with Gasteiger partial charge in [-0.2, -0.15) is 0 Å². The lowest BCUT2D eigenvalue weighted by molar-refractivity contribution is 0.285. The van der Waals surface area contributed by atoms with Crippen molar-refractivity contribution in [3.63, 3.8) is 0 Å². The molecule has 17 heavy (non-hydrogen) atoms. The first-order chi connectivity index (χ1) is 8.01. The van der Waals surface area contributed by atoms with Crippen molar-refractivity contribution < 1.29 is 13.5 Å². The van der Waals surface area contributed by atoms with E-state index in [4.69, 9.17) is 5.11 Å². The molecule has 1 fully saturated rings. The summed E-state index contributed by atoms with van der Waals surface area (Å²) in [6.45, 7) is 1.78. The molecule has 1 aliphatic rings. The van der Waals surface area contributed by atoms with Gasteiger partial charge in [0.2, 0.25) is 10.0 Å². The van der Waals surface area contributed by atoms with Crippen LogP contribution in [0.3, 0.4) is 0 Å². The Bertz CT molecular complexity index is 477. The predicted octanol–water partition coefficient (Wildman–Crippen LogP) is 1.71. The summed E-state index contributed by atoms with van der Waals surface area (Å²) in [5, 5.41) is 10.5. The molecule has 4 nitrogen and oxygen atoms in total. The van der Waals surface area contributed by atoms with Gasteiger partial charge in [-0.25, -0.2) is 13.1 Å². The standard InChI is InChI=1S/C11H17NO3S2/c1-8(4-9-2-3-9)12-17(14,15)11-5-10(6-13)16-7-11/h5,7-9,12-13H,2-4,6H2,1H3. The molecular weight excluding hydrogens is 258 g/mol. The van der Waals surface area contributed by atoms with Crippen LogP contribution in [-0.2, 0) is 16.6 Å². The van der Waals surface area contributed by atoms with Crippen LogP contribution in [0.15, 0.2) is 16.3 Å². The van der Waals surface area contributed by atoms with Crippen LogP contribution < -0.4 is 4.72 Å². The van der Waals surface area contributed by atoms with Crippen molar-refractivity contribution in [3.8, 4) is 0 Å². The monoisotopic (exact) mass is 275 g/mol. The molecule has 2 N–H and O–H groups in total. The number of rotatable bonds is 6. The van der Waals surface area contributed by atoms with E-state index >= 15 is 0 Å². The lowest BCUT2D eigenvalue weighted by Crippen LogP contribution is -2.32. The maximum atomic E-state index is 12.0. The zero-order chi connectivity index (χ0) is 12.5. The third kappa shape index (κ3) is 3.51. The van der Waals surface area contributed by atoms with Gasteiger partial charge in [0.15, 0.2) is 0 Å². The van der Waals surface area contributed by atoms with Crippen molar-refractivity contribution in [2.24, 2.45) is 5.92 Å². The molecule has 0 saturated heterocycles. The molecule has 0 bridgehead atoms. The van der Waals surface area contributed by atoms with Gasteiger partial charge in [0.05, 0.1) is 11.5 Å². The minimum atomic E-state index is -3.42. The van der Waals surface area contributed by atoms with Gasteiger partial charge in [-0.3, -0.25) is 0 Å². The lowest BCUT2D eigenvalue weighted by atomic mass is 10.2. The van der Waals surface area contributed by atoms with Crippen molar-refractivity contribution in [3.05, 3.63) is 16.3 Å². The van der Waals surface area contributed by atoms with Gasteiger partial charge in [0.25, 0.3) is 0 Å². The van der Waals surface area contributed by atoms with Gasteiger partial charge >= 0.3 is 0 Å². The third-order valence-corrected chi connectivity index (χ3v) is 5.48. The van der Waals surface area contributed by atoms with E-state index in [2.05, 4.69) is 4.72 Å². The average Bonchev–Trinajstić information content (AvgIpc) is 2.92. The van der Waals surface area contributed by atoms with Crippen molar-refractivity contribution in [1.82, 2.24) is 4.72 Å². The summed E-state index contributed by atoms with van der Waals surface area (Å²) in [5.74, 6) is 0.697. The molecule has 0 aliphatic heterocycles. The molecule has 0 radical (unpaired) electrons. The molecule has 1 aromatic heterocycles. The Hall–Kier alpha value is -0.430. The highest BCUT2D eigenvalue weighted by Crippen LogP contribution is 2.33. The molecule has 96 valence electrons. The van der Waals surface area contributed by atoms with E-state index in [0.29, 0.717) is 10.8 Å². The zero-order valence-electron chi connectivity index (χ0n) is 9.72.